The first kappa shape index (κ1) is 46.2. The summed E-state index contributed by atoms with van der Waals surface area (Å²) in [5.41, 5.74) is 10.1. The van der Waals surface area contributed by atoms with Gasteiger partial charge in [0.1, 0.15) is 0 Å². The summed E-state index contributed by atoms with van der Waals surface area (Å²) in [4.78, 5) is 4.69. The van der Waals surface area contributed by atoms with Crippen LogP contribution in [0.5, 0.6) is 0 Å². The number of nitrogens with one attached hydrogen (secondary N) is 1. The molecule has 6 rings (SSSR count). The molecule has 4 aliphatic carbocycles. The molecule has 0 aromatic heterocycles. The van der Waals surface area contributed by atoms with E-state index < -0.39 is 24.0 Å². The number of nitrogens with zero attached hydrogens (tertiary/aromatic N) is 2. The van der Waals surface area contributed by atoms with Crippen LogP contribution in [0.15, 0.2) is 194 Å². The van der Waals surface area contributed by atoms with Crippen molar-refractivity contribution in [1.82, 2.24) is 15.1 Å². The fourth-order valence-corrected chi connectivity index (χ4v) is 7.62. The van der Waals surface area contributed by atoms with Crippen LogP contribution >= 0.6 is 0 Å². The van der Waals surface area contributed by atoms with Gasteiger partial charge in [-0.2, -0.15) is 26.3 Å². The Morgan fingerprint density at radius 1 is 0.754 bits per heavy atom. The third-order valence-electron chi connectivity index (χ3n) is 10.4. The summed E-state index contributed by atoms with van der Waals surface area (Å²) >= 11 is 0. The van der Waals surface area contributed by atoms with Gasteiger partial charge in [0.15, 0.2) is 0 Å². The van der Waals surface area contributed by atoms with Crippen molar-refractivity contribution in [2.75, 3.05) is 0 Å². The van der Waals surface area contributed by atoms with Crippen LogP contribution in [0.3, 0.4) is 0 Å². The van der Waals surface area contributed by atoms with Gasteiger partial charge < -0.3 is 15.1 Å². The van der Waals surface area contributed by atoms with E-state index in [9.17, 15) is 26.3 Å². The standard InChI is InChI=1S/C40H49N3.C6H4F6.C2H4/c1-6-30(5)43(37-20-11-10-12-21-37)27-15-18-32(9-4)39-35-17-13-19-36(41-39)29-42(26-14-16-31(7-2)8-3)40-34-24-22-33(23-25-34)38(40)28-35;1-2-4(6(10,11)12)3-5(7,8)9;1-2/h6-9,14-16,18,26-29,37,39,41H,1-5,10-13,17,19-25H2;2-3H,1H2;1-2H2/b26-14+,27-15+,32-18+,35-28+,36-29+;4-3-;. The summed E-state index contributed by atoms with van der Waals surface area (Å²) in [6.45, 7) is 29.0. The van der Waals surface area contributed by atoms with E-state index in [0.717, 1.165) is 43.4 Å². The van der Waals surface area contributed by atoms with Crippen molar-refractivity contribution >= 4 is 0 Å². The zero-order valence-corrected chi connectivity index (χ0v) is 33.0. The van der Waals surface area contributed by atoms with Gasteiger partial charge in [-0.05, 0) is 104 Å². The van der Waals surface area contributed by atoms with Crippen LogP contribution in [0, 0.1) is 0 Å². The van der Waals surface area contributed by atoms with Crippen LogP contribution in [0.2, 0.25) is 0 Å². The molecule has 57 heavy (non-hydrogen) atoms. The maximum Gasteiger partial charge on any atom is 0.416 e. The highest BCUT2D eigenvalue weighted by atomic mass is 19.4. The average molecular weight is 790 g/mol. The fraction of sp³-hybridized carbons (Fsp3) is 0.333. The minimum Gasteiger partial charge on any atom is -0.377 e. The van der Waals surface area contributed by atoms with Gasteiger partial charge in [0.05, 0.1) is 17.3 Å². The lowest BCUT2D eigenvalue weighted by atomic mass is 9.77. The van der Waals surface area contributed by atoms with Crippen molar-refractivity contribution in [3.63, 3.8) is 0 Å². The van der Waals surface area contributed by atoms with Crippen LogP contribution < -0.4 is 5.32 Å². The Morgan fingerprint density at radius 2 is 1.40 bits per heavy atom. The van der Waals surface area contributed by atoms with Crippen molar-refractivity contribution in [2.45, 2.75) is 101 Å². The van der Waals surface area contributed by atoms with E-state index in [0.29, 0.717) is 6.04 Å². The van der Waals surface area contributed by atoms with E-state index in [1.54, 1.807) is 11.1 Å². The third-order valence-corrected chi connectivity index (χ3v) is 10.4. The molecule has 4 bridgehead atoms. The van der Waals surface area contributed by atoms with Crippen molar-refractivity contribution in [3.8, 4) is 0 Å². The maximum absolute atomic E-state index is 11.6. The predicted octanol–water partition coefficient (Wildman–Crippen LogP) is 14.1. The highest BCUT2D eigenvalue weighted by molar-refractivity contribution is 5.56. The van der Waals surface area contributed by atoms with E-state index >= 15 is 0 Å². The summed E-state index contributed by atoms with van der Waals surface area (Å²) in [6.07, 6.45) is 29.0. The van der Waals surface area contributed by atoms with Crippen molar-refractivity contribution in [1.29, 1.82) is 0 Å². The molecule has 2 aliphatic heterocycles. The Hall–Kier alpha value is -5.18. The number of hydrogen-bond acceptors (Lipinski definition) is 3. The summed E-state index contributed by atoms with van der Waals surface area (Å²) < 4.78 is 69.0. The largest absolute Gasteiger partial charge is 0.416 e. The van der Waals surface area contributed by atoms with Gasteiger partial charge in [-0.3, -0.25) is 0 Å². The molecule has 0 amide bonds. The molecule has 2 heterocycles. The molecule has 0 radical (unpaired) electrons. The van der Waals surface area contributed by atoms with E-state index in [1.807, 2.05) is 24.3 Å². The van der Waals surface area contributed by atoms with Gasteiger partial charge in [0, 0.05) is 42.1 Å². The zero-order valence-electron chi connectivity index (χ0n) is 33.0. The molecule has 1 N–H and O–H groups in total. The molecular weight excluding hydrogens is 733 g/mol. The molecule has 306 valence electrons. The summed E-state index contributed by atoms with van der Waals surface area (Å²) in [5.74, 6) is 0. The minimum atomic E-state index is -5.00. The van der Waals surface area contributed by atoms with E-state index in [4.69, 9.17) is 0 Å². The van der Waals surface area contributed by atoms with E-state index in [1.165, 1.54) is 73.1 Å². The fourth-order valence-electron chi connectivity index (χ4n) is 7.62. The highest BCUT2D eigenvalue weighted by Gasteiger charge is 2.37. The van der Waals surface area contributed by atoms with Crippen molar-refractivity contribution < 1.29 is 26.3 Å². The molecule has 1 saturated heterocycles. The number of hydrogen-bond donors (Lipinski definition) is 1. The molecule has 0 aromatic rings. The van der Waals surface area contributed by atoms with Crippen LogP contribution in [-0.4, -0.2) is 34.2 Å². The number of allylic oxidation sites excluding steroid dienone is 15. The lowest BCUT2D eigenvalue weighted by Crippen LogP contribution is -2.31. The molecule has 3 nitrogen and oxygen atoms in total. The molecule has 3 fully saturated rings. The summed E-state index contributed by atoms with van der Waals surface area (Å²) in [5, 5.41) is 3.96. The van der Waals surface area contributed by atoms with Gasteiger partial charge >= 0.3 is 12.4 Å². The smallest absolute Gasteiger partial charge is 0.377 e. The van der Waals surface area contributed by atoms with Crippen LogP contribution in [0.25, 0.3) is 0 Å². The first-order chi connectivity index (χ1) is 27.2. The second-order valence-electron chi connectivity index (χ2n) is 14.0. The van der Waals surface area contributed by atoms with Gasteiger partial charge in [-0.1, -0.05) is 107 Å². The Morgan fingerprint density at radius 3 is 1.95 bits per heavy atom. The molecule has 9 heteroatoms. The lowest BCUT2D eigenvalue weighted by Gasteiger charge is -2.35. The molecule has 1 atom stereocenters. The summed E-state index contributed by atoms with van der Waals surface area (Å²) in [6, 6.07) is 0.578. The first-order valence-electron chi connectivity index (χ1n) is 19.4. The van der Waals surface area contributed by atoms with Crippen molar-refractivity contribution in [2.24, 2.45) is 0 Å². The zero-order chi connectivity index (χ0) is 42.2. The molecule has 2 saturated carbocycles. The molecule has 6 aliphatic rings. The minimum absolute atomic E-state index is 0.0819. The molecule has 0 spiro atoms. The first-order valence-corrected chi connectivity index (χ1v) is 19.4. The van der Waals surface area contributed by atoms with E-state index in [-0.39, 0.29) is 12.1 Å². The average Bonchev–Trinajstić information content (AvgIpc) is 3.36. The van der Waals surface area contributed by atoms with Crippen LogP contribution in [0.4, 0.5) is 26.3 Å². The molecular formula is C48H57F6N3. The quantitative estimate of drug-likeness (QED) is 0.121. The molecule has 0 aromatic carbocycles. The Bertz CT molecular complexity index is 1770. The monoisotopic (exact) mass is 789 g/mol. The van der Waals surface area contributed by atoms with Gasteiger partial charge in [-0.25, -0.2) is 0 Å². The third kappa shape index (κ3) is 13.2. The lowest BCUT2D eigenvalue weighted by molar-refractivity contribution is -0.104. The van der Waals surface area contributed by atoms with Crippen molar-refractivity contribution in [3.05, 3.63) is 194 Å². The second kappa shape index (κ2) is 21.9. The number of rotatable bonds is 12. The maximum atomic E-state index is 11.6. The second-order valence-corrected chi connectivity index (χ2v) is 14.0. The Labute approximate surface area is 336 Å². The summed E-state index contributed by atoms with van der Waals surface area (Å²) in [7, 11) is 0. The predicted molar refractivity (Wildman–Crippen MR) is 226 cm³/mol. The van der Waals surface area contributed by atoms with Crippen LogP contribution in [0.1, 0.15) is 77.0 Å². The highest BCUT2D eigenvalue weighted by Crippen LogP contribution is 2.45. The molecule has 1 unspecified atom stereocenters. The van der Waals surface area contributed by atoms with Crippen LogP contribution in [-0.2, 0) is 0 Å². The number of fused-ring (bicyclic) bond motifs is 5. The topological polar surface area (TPSA) is 18.5 Å². The Kier molecular flexibility index (Phi) is 17.8. The SMILES string of the molecule is C=C.C=C/C(=C/C(F)(F)F)C(F)(F)F.C=CC(=C)N(/C=C/C=C(\C=C)C1N/C2=C/N(/C=C/C=C(C=C)C=C)C3=C4CCC(=C3/C=C/1CCC2)CC4)C1CCCCC1. The normalized spacial score (nSPS) is 22.0. The van der Waals surface area contributed by atoms with Gasteiger partial charge in [0.2, 0.25) is 0 Å². The number of halogens is 6. The van der Waals surface area contributed by atoms with Gasteiger partial charge in [-0.15, -0.1) is 13.2 Å². The Balaban J connectivity index is 0.000000534. The van der Waals surface area contributed by atoms with Gasteiger partial charge in [0.25, 0.3) is 0 Å². The number of alkyl halides is 6. The van der Waals surface area contributed by atoms with E-state index in [2.05, 4.69) is 117 Å².